The van der Waals surface area contributed by atoms with Gasteiger partial charge in [-0.3, -0.25) is 14.5 Å². The Morgan fingerprint density at radius 2 is 2.06 bits per heavy atom. The molecule has 0 radical (unpaired) electrons. The fourth-order valence-electron chi connectivity index (χ4n) is 3.96. The molecule has 8 heteroatoms. The second-order valence-electron chi connectivity index (χ2n) is 8.59. The summed E-state index contributed by atoms with van der Waals surface area (Å²) in [6.45, 7) is 6.87. The largest absolute Gasteiger partial charge is 0.362 e. The molecule has 0 spiro atoms. The number of fused-ring (bicyclic) bond motifs is 1. The summed E-state index contributed by atoms with van der Waals surface area (Å²) in [5.41, 5.74) is 5.92. The van der Waals surface area contributed by atoms with Gasteiger partial charge in [-0.05, 0) is 62.9 Å². The molecule has 1 amide bonds. The topological polar surface area (TPSA) is 97.6 Å². The summed E-state index contributed by atoms with van der Waals surface area (Å²) in [5.74, 6) is 1.07. The lowest BCUT2D eigenvalue weighted by atomic mass is 10.1. The molecule has 0 bridgehead atoms. The first-order chi connectivity index (χ1) is 16.0. The Kier molecular flexibility index (Phi) is 5.50. The molecule has 0 unspecified atom stereocenters. The monoisotopic (exact) mass is 441 g/mol. The van der Waals surface area contributed by atoms with Crippen molar-refractivity contribution in [3.05, 3.63) is 71.3 Å². The van der Waals surface area contributed by atoms with E-state index in [1.807, 2.05) is 62.0 Å². The van der Waals surface area contributed by atoms with Crippen LogP contribution in [0.3, 0.4) is 0 Å². The Morgan fingerprint density at radius 1 is 1.21 bits per heavy atom. The zero-order valence-corrected chi connectivity index (χ0v) is 19.0. The van der Waals surface area contributed by atoms with E-state index >= 15 is 0 Å². The predicted molar refractivity (Wildman–Crippen MR) is 128 cm³/mol. The zero-order valence-electron chi connectivity index (χ0n) is 19.0. The van der Waals surface area contributed by atoms with Crippen LogP contribution in [0.5, 0.6) is 0 Å². The third-order valence-corrected chi connectivity index (χ3v) is 5.95. The molecule has 0 aliphatic heterocycles. The van der Waals surface area contributed by atoms with Gasteiger partial charge in [0.1, 0.15) is 11.3 Å². The number of anilines is 2. The molecule has 1 aliphatic rings. The zero-order chi connectivity index (χ0) is 22.9. The van der Waals surface area contributed by atoms with Crippen LogP contribution < -0.4 is 10.6 Å². The minimum absolute atomic E-state index is 0.0383. The van der Waals surface area contributed by atoms with E-state index in [0.29, 0.717) is 22.9 Å². The lowest BCUT2D eigenvalue weighted by Gasteiger charge is -2.16. The van der Waals surface area contributed by atoms with Crippen LogP contribution in [0.4, 0.5) is 11.5 Å². The number of pyridine rings is 1. The fraction of sp³-hybridized carbons (Fsp3) is 0.320. The highest BCUT2D eigenvalue weighted by Crippen LogP contribution is 2.40. The fourth-order valence-corrected chi connectivity index (χ4v) is 3.96. The Hall–Kier alpha value is -3.81. The number of amides is 1. The van der Waals surface area contributed by atoms with E-state index < -0.39 is 0 Å². The smallest absolute Gasteiger partial charge is 0.257 e. The van der Waals surface area contributed by atoms with E-state index in [1.165, 1.54) is 12.8 Å². The van der Waals surface area contributed by atoms with Crippen molar-refractivity contribution in [3.8, 4) is 0 Å². The van der Waals surface area contributed by atoms with Gasteiger partial charge in [-0.15, -0.1) is 0 Å². The summed E-state index contributed by atoms with van der Waals surface area (Å²) < 4.78 is 1.82. The minimum Gasteiger partial charge on any atom is -0.362 e. The molecule has 1 aliphatic carbocycles. The van der Waals surface area contributed by atoms with Crippen LogP contribution in [-0.2, 0) is 6.54 Å². The maximum atomic E-state index is 12.8. The highest BCUT2D eigenvalue weighted by Gasteiger charge is 2.26. The summed E-state index contributed by atoms with van der Waals surface area (Å²) in [6.07, 6.45) is 7.67. The number of aryl methyl sites for hydroxylation is 2. The lowest BCUT2D eigenvalue weighted by molar-refractivity contribution is 0.102. The molecule has 5 rings (SSSR count). The molecule has 4 aromatic rings. The number of carbonyl (C=O) groups is 1. The van der Waals surface area contributed by atoms with Crippen LogP contribution in [0.2, 0.25) is 0 Å². The molecule has 1 aromatic carbocycles. The van der Waals surface area contributed by atoms with Crippen molar-refractivity contribution >= 4 is 28.6 Å². The minimum atomic E-state index is -0.159. The van der Waals surface area contributed by atoms with Crippen molar-refractivity contribution in [1.82, 2.24) is 24.7 Å². The van der Waals surface area contributed by atoms with Gasteiger partial charge in [0.15, 0.2) is 0 Å². The highest BCUT2D eigenvalue weighted by molar-refractivity contribution is 6.04. The lowest BCUT2D eigenvalue weighted by Crippen LogP contribution is -2.14. The molecule has 1 fully saturated rings. The Morgan fingerprint density at radius 3 is 2.82 bits per heavy atom. The van der Waals surface area contributed by atoms with Crippen LogP contribution in [0.15, 0.2) is 48.9 Å². The normalized spacial score (nSPS) is 14.3. The second-order valence-corrected chi connectivity index (χ2v) is 8.59. The quantitative estimate of drug-likeness (QED) is 0.425. The number of hydrogen-bond acceptors (Lipinski definition) is 6. The predicted octanol–water partition coefficient (Wildman–Crippen LogP) is 4.85. The van der Waals surface area contributed by atoms with Crippen molar-refractivity contribution in [2.75, 3.05) is 10.6 Å². The molecule has 3 heterocycles. The van der Waals surface area contributed by atoms with Crippen molar-refractivity contribution in [1.29, 1.82) is 0 Å². The number of carbonyl (C=O) groups excluding carboxylic acids is 1. The first-order valence-electron chi connectivity index (χ1n) is 11.3. The standard InChI is InChI=1S/C25H27N7O/c1-4-32-14-21-24(31-32)30-22(13-26-21)28-16(3)18-6-5-7-20(11-18)29-25(33)19-10-15(2)23(27-12-19)17-8-9-17/h5-7,10-14,16-17H,4,8-9H2,1-3H3,(H,29,33)(H,28,30,31)/t16-/m0/s1. The van der Waals surface area contributed by atoms with Gasteiger partial charge in [0, 0.05) is 30.0 Å². The van der Waals surface area contributed by atoms with Crippen LogP contribution in [0, 0.1) is 6.92 Å². The van der Waals surface area contributed by atoms with Gasteiger partial charge in [0.05, 0.1) is 24.0 Å². The number of rotatable bonds is 7. The molecule has 1 saturated carbocycles. The molecule has 8 nitrogen and oxygen atoms in total. The number of aromatic nitrogens is 5. The molecular weight excluding hydrogens is 414 g/mol. The van der Waals surface area contributed by atoms with Crippen LogP contribution in [0.1, 0.15) is 65.8 Å². The van der Waals surface area contributed by atoms with E-state index in [-0.39, 0.29) is 11.9 Å². The van der Waals surface area contributed by atoms with E-state index in [9.17, 15) is 4.79 Å². The summed E-state index contributed by atoms with van der Waals surface area (Å²) in [4.78, 5) is 26.3. The number of hydrogen-bond donors (Lipinski definition) is 2. The summed E-state index contributed by atoms with van der Waals surface area (Å²) in [6, 6.07) is 9.69. The van der Waals surface area contributed by atoms with Crippen LogP contribution >= 0.6 is 0 Å². The van der Waals surface area contributed by atoms with Gasteiger partial charge in [-0.25, -0.2) is 9.97 Å². The molecule has 168 valence electrons. The number of nitrogens with one attached hydrogen (secondary N) is 2. The SMILES string of the molecule is CCn1cc2ncc(N[C@@H](C)c3cccc(NC(=O)c4cnc(C5CC5)c(C)c4)c3)nc2n1. The van der Waals surface area contributed by atoms with Crippen molar-refractivity contribution in [2.45, 2.75) is 52.1 Å². The number of nitrogens with zero attached hydrogens (tertiary/aromatic N) is 5. The van der Waals surface area contributed by atoms with Crippen LogP contribution in [0.25, 0.3) is 11.2 Å². The summed E-state index contributed by atoms with van der Waals surface area (Å²) in [7, 11) is 0. The third kappa shape index (κ3) is 4.55. The Labute approximate surface area is 192 Å². The maximum Gasteiger partial charge on any atom is 0.257 e. The van der Waals surface area contributed by atoms with Crippen molar-refractivity contribution < 1.29 is 4.79 Å². The van der Waals surface area contributed by atoms with E-state index in [2.05, 4.69) is 30.7 Å². The van der Waals surface area contributed by atoms with E-state index in [4.69, 9.17) is 0 Å². The van der Waals surface area contributed by atoms with Gasteiger partial charge in [0.2, 0.25) is 5.65 Å². The molecular formula is C25H27N7O. The van der Waals surface area contributed by atoms with Gasteiger partial charge in [-0.2, -0.15) is 5.10 Å². The molecule has 2 N–H and O–H groups in total. The highest BCUT2D eigenvalue weighted by atomic mass is 16.1. The van der Waals surface area contributed by atoms with E-state index in [1.54, 1.807) is 12.4 Å². The second kappa shape index (κ2) is 8.61. The number of benzene rings is 1. The Balaban J connectivity index is 1.28. The first-order valence-corrected chi connectivity index (χ1v) is 11.3. The average Bonchev–Trinajstić information content (AvgIpc) is 3.57. The van der Waals surface area contributed by atoms with Crippen molar-refractivity contribution in [2.24, 2.45) is 0 Å². The van der Waals surface area contributed by atoms with Crippen molar-refractivity contribution in [3.63, 3.8) is 0 Å². The maximum absolute atomic E-state index is 12.8. The van der Waals surface area contributed by atoms with Gasteiger partial charge >= 0.3 is 0 Å². The average molecular weight is 442 g/mol. The van der Waals surface area contributed by atoms with Crippen LogP contribution in [-0.4, -0.2) is 30.6 Å². The first kappa shape index (κ1) is 21.1. The van der Waals surface area contributed by atoms with Gasteiger partial charge in [-0.1, -0.05) is 12.1 Å². The van der Waals surface area contributed by atoms with Gasteiger partial charge < -0.3 is 10.6 Å². The summed E-state index contributed by atoms with van der Waals surface area (Å²) >= 11 is 0. The Bertz CT molecular complexity index is 1330. The molecule has 0 saturated heterocycles. The van der Waals surface area contributed by atoms with E-state index in [0.717, 1.165) is 34.6 Å². The van der Waals surface area contributed by atoms with Gasteiger partial charge in [0.25, 0.3) is 5.91 Å². The molecule has 1 atom stereocenters. The summed E-state index contributed by atoms with van der Waals surface area (Å²) in [5, 5.41) is 10.8. The third-order valence-electron chi connectivity index (χ3n) is 5.95. The molecule has 33 heavy (non-hydrogen) atoms. The molecule has 3 aromatic heterocycles.